The van der Waals surface area contributed by atoms with E-state index in [1.54, 1.807) is 0 Å². The highest BCUT2D eigenvalue weighted by atomic mass is 16.5. The number of hydrogen-bond donors (Lipinski definition) is 2. The van der Waals surface area contributed by atoms with Crippen LogP contribution < -0.4 is 5.32 Å². The van der Waals surface area contributed by atoms with E-state index in [4.69, 9.17) is 9.63 Å². The molecule has 0 spiro atoms. The number of carbonyl (C=O) groups is 2. The standard InChI is InChI=1S/C16H25N3O4/c1-5-19(8-14(20)21)13-6-12(7-13)17-16(22)9(2)15-10(3)18-23-11(15)4/h9,12-13H,5-8H2,1-4H3,(H,17,22)(H,20,21). The van der Waals surface area contributed by atoms with Crippen LogP contribution in [0, 0.1) is 13.8 Å². The van der Waals surface area contributed by atoms with Crippen molar-refractivity contribution in [2.24, 2.45) is 0 Å². The number of carboxylic acids is 1. The van der Waals surface area contributed by atoms with Crippen molar-refractivity contribution in [3.63, 3.8) is 0 Å². The molecule has 7 nitrogen and oxygen atoms in total. The molecule has 2 rings (SSSR count). The zero-order valence-corrected chi connectivity index (χ0v) is 14.1. The normalized spacial score (nSPS) is 21.8. The van der Waals surface area contributed by atoms with Gasteiger partial charge in [0.25, 0.3) is 0 Å². The summed E-state index contributed by atoms with van der Waals surface area (Å²) in [5, 5.41) is 15.8. The summed E-state index contributed by atoms with van der Waals surface area (Å²) in [4.78, 5) is 25.1. The van der Waals surface area contributed by atoms with Gasteiger partial charge >= 0.3 is 5.97 Å². The number of nitrogens with one attached hydrogen (secondary N) is 1. The summed E-state index contributed by atoms with van der Waals surface area (Å²) in [5.74, 6) is -0.479. The molecule has 1 unspecified atom stereocenters. The number of carbonyl (C=O) groups excluding carboxylic acids is 1. The van der Waals surface area contributed by atoms with Crippen molar-refractivity contribution in [2.75, 3.05) is 13.1 Å². The first-order valence-corrected chi connectivity index (χ1v) is 8.02. The third-order valence-electron chi connectivity index (χ3n) is 4.64. The van der Waals surface area contributed by atoms with Gasteiger partial charge in [-0.2, -0.15) is 0 Å². The second-order valence-corrected chi connectivity index (χ2v) is 6.25. The number of rotatable bonds is 7. The van der Waals surface area contributed by atoms with Gasteiger partial charge in [-0.05, 0) is 40.2 Å². The zero-order chi connectivity index (χ0) is 17.1. The van der Waals surface area contributed by atoms with E-state index < -0.39 is 5.97 Å². The maximum atomic E-state index is 12.4. The Kier molecular flexibility index (Phi) is 5.41. The Morgan fingerprint density at radius 2 is 2.09 bits per heavy atom. The number of likely N-dealkylation sites (N-methyl/N-ethyl adjacent to an activating group) is 1. The van der Waals surface area contributed by atoms with E-state index in [2.05, 4.69) is 10.5 Å². The minimum absolute atomic E-state index is 0.0378. The number of aliphatic carboxylic acids is 1. The van der Waals surface area contributed by atoms with Crippen LogP contribution in [0.1, 0.15) is 49.6 Å². The maximum Gasteiger partial charge on any atom is 0.317 e. The van der Waals surface area contributed by atoms with Gasteiger partial charge in [0.15, 0.2) is 0 Å². The van der Waals surface area contributed by atoms with E-state index in [-0.39, 0.29) is 30.5 Å². The quantitative estimate of drug-likeness (QED) is 0.788. The van der Waals surface area contributed by atoms with Crippen LogP contribution in [0.4, 0.5) is 0 Å². The minimum atomic E-state index is -0.814. The Labute approximate surface area is 136 Å². The Hall–Kier alpha value is -1.89. The third-order valence-corrected chi connectivity index (χ3v) is 4.64. The van der Waals surface area contributed by atoms with Crippen LogP contribution in [0.15, 0.2) is 4.52 Å². The van der Waals surface area contributed by atoms with Gasteiger partial charge in [0.05, 0.1) is 18.2 Å². The van der Waals surface area contributed by atoms with Crippen molar-refractivity contribution < 1.29 is 19.2 Å². The van der Waals surface area contributed by atoms with E-state index in [9.17, 15) is 9.59 Å². The summed E-state index contributed by atoms with van der Waals surface area (Å²) in [6.07, 6.45) is 1.59. The van der Waals surface area contributed by atoms with E-state index in [1.807, 2.05) is 32.6 Å². The van der Waals surface area contributed by atoms with Crippen LogP contribution in [0.3, 0.4) is 0 Å². The van der Waals surface area contributed by atoms with Crippen molar-refractivity contribution in [2.45, 2.75) is 58.5 Å². The highest BCUT2D eigenvalue weighted by molar-refractivity contribution is 5.84. The lowest BCUT2D eigenvalue weighted by atomic mass is 9.84. The first kappa shape index (κ1) is 17.5. The highest BCUT2D eigenvalue weighted by Gasteiger charge is 2.35. The van der Waals surface area contributed by atoms with Crippen LogP contribution in [-0.2, 0) is 9.59 Å². The van der Waals surface area contributed by atoms with Crippen molar-refractivity contribution in [1.82, 2.24) is 15.4 Å². The third kappa shape index (κ3) is 3.90. The lowest BCUT2D eigenvalue weighted by Gasteiger charge is -2.42. The molecule has 1 aliphatic carbocycles. The maximum absolute atomic E-state index is 12.4. The van der Waals surface area contributed by atoms with E-state index >= 15 is 0 Å². The van der Waals surface area contributed by atoms with E-state index in [1.165, 1.54) is 0 Å². The number of hydrogen-bond acceptors (Lipinski definition) is 5. The number of amides is 1. The molecule has 1 aliphatic rings. The van der Waals surface area contributed by atoms with Gasteiger partial charge in [-0.25, -0.2) is 0 Å². The molecule has 2 N–H and O–H groups in total. The fourth-order valence-corrected chi connectivity index (χ4v) is 3.24. The molecule has 23 heavy (non-hydrogen) atoms. The number of aromatic nitrogens is 1. The first-order valence-electron chi connectivity index (χ1n) is 8.02. The summed E-state index contributed by atoms with van der Waals surface area (Å²) < 4.78 is 5.12. The second kappa shape index (κ2) is 7.12. The van der Waals surface area contributed by atoms with Crippen LogP contribution >= 0.6 is 0 Å². The molecule has 0 bridgehead atoms. The molecule has 1 fully saturated rings. The molecule has 0 saturated heterocycles. The molecule has 0 radical (unpaired) electrons. The largest absolute Gasteiger partial charge is 0.480 e. The number of carboxylic acid groups (broad SMARTS) is 1. The Morgan fingerprint density at radius 3 is 2.57 bits per heavy atom. The van der Waals surface area contributed by atoms with Crippen molar-refractivity contribution in [1.29, 1.82) is 0 Å². The average Bonchev–Trinajstić information content (AvgIpc) is 2.78. The fourth-order valence-electron chi connectivity index (χ4n) is 3.24. The van der Waals surface area contributed by atoms with Crippen LogP contribution in [-0.4, -0.2) is 52.2 Å². The Balaban J connectivity index is 1.85. The van der Waals surface area contributed by atoms with Crippen molar-refractivity contribution in [3.8, 4) is 0 Å². The van der Waals surface area contributed by atoms with Gasteiger partial charge in [-0.1, -0.05) is 12.1 Å². The molecule has 1 heterocycles. The number of nitrogens with zero attached hydrogens (tertiary/aromatic N) is 2. The molecule has 1 aromatic rings. The van der Waals surface area contributed by atoms with Gasteiger partial charge in [-0.3, -0.25) is 14.5 Å². The monoisotopic (exact) mass is 323 g/mol. The Morgan fingerprint density at radius 1 is 1.43 bits per heavy atom. The van der Waals surface area contributed by atoms with Gasteiger partial charge in [0.1, 0.15) is 5.76 Å². The molecule has 1 amide bonds. The molecule has 1 aromatic heterocycles. The summed E-state index contributed by atoms with van der Waals surface area (Å²) in [6.45, 7) is 8.20. The van der Waals surface area contributed by atoms with Crippen LogP contribution in [0.25, 0.3) is 0 Å². The molecule has 128 valence electrons. The lowest BCUT2D eigenvalue weighted by molar-refractivity contribution is -0.139. The molecule has 0 aliphatic heterocycles. The molecule has 0 aromatic carbocycles. The topological polar surface area (TPSA) is 95.7 Å². The van der Waals surface area contributed by atoms with Gasteiger partial charge in [-0.15, -0.1) is 0 Å². The fraction of sp³-hybridized carbons (Fsp3) is 0.688. The summed E-state index contributed by atoms with van der Waals surface area (Å²) in [6, 6.07) is 0.342. The molecule has 7 heteroatoms. The van der Waals surface area contributed by atoms with Gasteiger partial charge in [0, 0.05) is 17.6 Å². The molecular formula is C16H25N3O4. The van der Waals surface area contributed by atoms with Crippen LogP contribution in [0.5, 0.6) is 0 Å². The predicted octanol–water partition coefficient (Wildman–Crippen LogP) is 1.45. The van der Waals surface area contributed by atoms with Gasteiger partial charge < -0.3 is 14.9 Å². The summed E-state index contributed by atoms with van der Waals surface area (Å²) >= 11 is 0. The van der Waals surface area contributed by atoms with E-state index in [0.717, 1.165) is 24.1 Å². The Bertz CT molecular complexity index is 558. The highest BCUT2D eigenvalue weighted by Crippen LogP contribution is 2.28. The zero-order valence-electron chi connectivity index (χ0n) is 14.1. The molecule has 1 atom stereocenters. The van der Waals surface area contributed by atoms with Crippen molar-refractivity contribution >= 4 is 11.9 Å². The first-order chi connectivity index (χ1) is 10.8. The molecule has 1 saturated carbocycles. The lowest BCUT2D eigenvalue weighted by Crippen LogP contribution is -2.55. The van der Waals surface area contributed by atoms with Gasteiger partial charge in [0.2, 0.25) is 5.91 Å². The summed E-state index contributed by atoms with van der Waals surface area (Å²) in [7, 11) is 0. The minimum Gasteiger partial charge on any atom is -0.480 e. The smallest absolute Gasteiger partial charge is 0.317 e. The second-order valence-electron chi connectivity index (χ2n) is 6.25. The summed E-state index contributed by atoms with van der Waals surface area (Å²) in [5.41, 5.74) is 1.59. The number of aryl methyl sites for hydroxylation is 2. The van der Waals surface area contributed by atoms with Crippen molar-refractivity contribution in [3.05, 3.63) is 17.0 Å². The van der Waals surface area contributed by atoms with E-state index in [0.29, 0.717) is 12.3 Å². The average molecular weight is 323 g/mol. The van der Waals surface area contributed by atoms with Crippen LogP contribution in [0.2, 0.25) is 0 Å². The molecular weight excluding hydrogens is 298 g/mol. The predicted molar refractivity (Wildman–Crippen MR) is 84.2 cm³/mol. The SMILES string of the molecule is CCN(CC(=O)O)C1CC(NC(=O)C(C)c2c(C)noc2C)C1.